The van der Waals surface area contributed by atoms with Crippen molar-refractivity contribution in [2.45, 2.75) is 91.1 Å². The van der Waals surface area contributed by atoms with Crippen molar-refractivity contribution in [3.8, 4) is 0 Å². The fourth-order valence-electron chi connectivity index (χ4n) is 8.45. The van der Waals surface area contributed by atoms with Crippen LogP contribution in [0.4, 0.5) is 0 Å². The highest BCUT2D eigenvalue weighted by atomic mass is 16.3. The normalized spacial score (nSPS) is 57.0. The zero-order valence-electron chi connectivity index (χ0n) is 16.4. The van der Waals surface area contributed by atoms with Crippen LogP contribution >= 0.6 is 0 Å². The summed E-state index contributed by atoms with van der Waals surface area (Å²) in [5, 5.41) is 10.7. The first kappa shape index (κ1) is 17.1. The Balaban J connectivity index is 1.59. The first-order valence-corrected chi connectivity index (χ1v) is 10.5. The van der Waals surface area contributed by atoms with E-state index in [9.17, 15) is 5.11 Å². The Morgan fingerprint density at radius 3 is 2.25 bits per heavy atom. The summed E-state index contributed by atoms with van der Waals surface area (Å²) in [4.78, 5) is 0. The van der Waals surface area contributed by atoms with E-state index in [1.54, 1.807) is 0 Å². The first-order valence-electron chi connectivity index (χ1n) is 10.5. The van der Waals surface area contributed by atoms with E-state index < -0.39 is 5.60 Å². The average molecular weight is 331 g/mol. The molecule has 8 atom stereocenters. The van der Waals surface area contributed by atoms with Crippen molar-refractivity contribution in [3.05, 3.63) is 12.2 Å². The SMILES string of the molecule is C=C(C)C1CCC2C3CCC4(C)C[C@](C)(O)CCC4C3CCC12C. The summed E-state index contributed by atoms with van der Waals surface area (Å²) >= 11 is 0. The Morgan fingerprint density at radius 1 is 0.875 bits per heavy atom. The van der Waals surface area contributed by atoms with Crippen LogP contribution in [-0.4, -0.2) is 10.7 Å². The standard InChI is InChI=1S/C23H38O/c1-15(2)18-6-7-20-17-8-11-21(3)14-22(4,24)12-10-19(21)16(17)9-13-23(18,20)5/h16-20,24H,1,6-14H2,2-5H3/t16?,17?,18?,19?,20?,21?,22-,23?/m1/s1. The van der Waals surface area contributed by atoms with E-state index in [0.717, 1.165) is 42.4 Å². The maximum atomic E-state index is 10.7. The van der Waals surface area contributed by atoms with Crippen LogP contribution in [-0.2, 0) is 0 Å². The molecule has 0 spiro atoms. The molecule has 0 amide bonds. The molecule has 4 fully saturated rings. The molecular formula is C23H38O. The Bertz CT molecular complexity index is 534. The second kappa shape index (κ2) is 5.35. The molecule has 0 heterocycles. The average Bonchev–Trinajstić information content (AvgIpc) is 2.82. The fourth-order valence-corrected chi connectivity index (χ4v) is 8.45. The van der Waals surface area contributed by atoms with Gasteiger partial charge in [0.2, 0.25) is 0 Å². The summed E-state index contributed by atoms with van der Waals surface area (Å²) in [7, 11) is 0. The van der Waals surface area contributed by atoms with Crippen LogP contribution in [0.25, 0.3) is 0 Å². The fraction of sp³-hybridized carbons (Fsp3) is 0.913. The lowest BCUT2D eigenvalue weighted by Gasteiger charge is -2.60. The molecule has 4 saturated carbocycles. The van der Waals surface area contributed by atoms with Gasteiger partial charge in [-0.25, -0.2) is 0 Å². The number of rotatable bonds is 1. The van der Waals surface area contributed by atoms with E-state index >= 15 is 0 Å². The van der Waals surface area contributed by atoms with Crippen LogP contribution in [0.3, 0.4) is 0 Å². The zero-order valence-corrected chi connectivity index (χ0v) is 16.4. The van der Waals surface area contributed by atoms with Crippen LogP contribution in [0.2, 0.25) is 0 Å². The Morgan fingerprint density at radius 2 is 1.54 bits per heavy atom. The number of fused-ring (bicyclic) bond motifs is 5. The molecule has 0 aromatic rings. The van der Waals surface area contributed by atoms with Crippen molar-refractivity contribution in [2.24, 2.45) is 40.4 Å². The van der Waals surface area contributed by atoms with Gasteiger partial charge in [-0.15, -0.1) is 0 Å². The lowest BCUT2D eigenvalue weighted by atomic mass is 9.45. The molecule has 4 aliphatic rings. The van der Waals surface area contributed by atoms with E-state index in [-0.39, 0.29) is 0 Å². The van der Waals surface area contributed by atoms with Gasteiger partial charge in [0.25, 0.3) is 0 Å². The van der Waals surface area contributed by atoms with Crippen LogP contribution < -0.4 is 0 Å². The largest absolute Gasteiger partial charge is 0.390 e. The number of hydrogen-bond donors (Lipinski definition) is 1. The molecule has 0 saturated heterocycles. The molecule has 1 N–H and O–H groups in total. The molecule has 0 bridgehead atoms. The monoisotopic (exact) mass is 330 g/mol. The van der Waals surface area contributed by atoms with Gasteiger partial charge < -0.3 is 5.11 Å². The highest BCUT2D eigenvalue weighted by Crippen LogP contribution is 2.67. The number of aliphatic hydroxyl groups is 1. The molecule has 0 aromatic carbocycles. The Labute approximate surface area is 149 Å². The third kappa shape index (κ3) is 2.37. The minimum Gasteiger partial charge on any atom is -0.390 e. The lowest BCUT2D eigenvalue weighted by molar-refractivity contribution is -0.137. The molecule has 0 aromatic heterocycles. The molecule has 7 unspecified atom stereocenters. The summed E-state index contributed by atoms with van der Waals surface area (Å²) in [6, 6.07) is 0. The third-order valence-corrected chi connectivity index (χ3v) is 9.33. The van der Waals surface area contributed by atoms with Gasteiger partial charge >= 0.3 is 0 Å². The van der Waals surface area contributed by atoms with Crippen LogP contribution in [0.5, 0.6) is 0 Å². The molecular weight excluding hydrogens is 292 g/mol. The van der Waals surface area contributed by atoms with Crippen LogP contribution in [0.15, 0.2) is 12.2 Å². The highest BCUT2D eigenvalue weighted by Gasteiger charge is 2.59. The lowest BCUT2D eigenvalue weighted by Crippen LogP contribution is -2.54. The van der Waals surface area contributed by atoms with Crippen LogP contribution in [0, 0.1) is 40.4 Å². The molecule has 0 radical (unpaired) electrons. The second-order valence-corrected chi connectivity index (χ2v) is 11.0. The van der Waals surface area contributed by atoms with Gasteiger partial charge in [0.1, 0.15) is 0 Å². The van der Waals surface area contributed by atoms with E-state index in [1.807, 2.05) is 0 Å². The van der Waals surface area contributed by atoms with Crippen molar-refractivity contribution in [1.82, 2.24) is 0 Å². The van der Waals surface area contributed by atoms with E-state index in [1.165, 1.54) is 50.5 Å². The summed E-state index contributed by atoms with van der Waals surface area (Å²) in [5.41, 5.74) is 1.94. The minimum atomic E-state index is -0.417. The summed E-state index contributed by atoms with van der Waals surface area (Å²) < 4.78 is 0. The quantitative estimate of drug-likeness (QED) is 0.587. The Hall–Kier alpha value is -0.300. The van der Waals surface area contributed by atoms with E-state index in [4.69, 9.17) is 0 Å². The first-order chi connectivity index (χ1) is 11.2. The minimum absolute atomic E-state index is 0.392. The van der Waals surface area contributed by atoms with Gasteiger partial charge in [-0.3, -0.25) is 0 Å². The molecule has 1 nitrogen and oxygen atoms in total. The summed E-state index contributed by atoms with van der Waals surface area (Å²) in [5.74, 6) is 4.45. The topological polar surface area (TPSA) is 20.2 Å². The smallest absolute Gasteiger partial charge is 0.0625 e. The van der Waals surface area contributed by atoms with Gasteiger partial charge in [-0.1, -0.05) is 26.0 Å². The van der Waals surface area contributed by atoms with Gasteiger partial charge in [-0.05, 0) is 112 Å². The summed E-state index contributed by atoms with van der Waals surface area (Å²) in [6.45, 7) is 13.8. The van der Waals surface area contributed by atoms with Gasteiger partial charge in [0.15, 0.2) is 0 Å². The Kier molecular flexibility index (Phi) is 3.82. The third-order valence-electron chi connectivity index (χ3n) is 9.33. The maximum absolute atomic E-state index is 10.7. The van der Waals surface area contributed by atoms with Crippen LogP contribution in [0.1, 0.15) is 85.5 Å². The van der Waals surface area contributed by atoms with E-state index in [2.05, 4.69) is 34.3 Å². The molecule has 136 valence electrons. The van der Waals surface area contributed by atoms with Gasteiger partial charge in [0, 0.05) is 0 Å². The van der Waals surface area contributed by atoms with Crippen molar-refractivity contribution >= 4 is 0 Å². The van der Waals surface area contributed by atoms with Gasteiger partial charge in [0.05, 0.1) is 5.60 Å². The van der Waals surface area contributed by atoms with Crippen molar-refractivity contribution in [2.75, 3.05) is 0 Å². The molecule has 4 rings (SSSR count). The van der Waals surface area contributed by atoms with Crippen molar-refractivity contribution in [1.29, 1.82) is 0 Å². The molecule has 4 aliphatic carbocycles. The van der Waals surface area contributed by atoms with E-state index in [0.29, 0.717) is 10.8 Å². The van der Waals surface area contributed by atoms with Gasteiger partial charge in [-0.2, -0.15) is 0 Å². The predicted octanol–water partition coefficient (Wildman–Crippen LogP) is 5.97. The predicted molar refractivity (Wildman–Crippen MR) is 101 cm³/mol. The highest BCUT2D eigenvalue weighted by molar-refractivity contribution is 5.15. The molecule has 0 aliphatic heterocycles. The van der Waals surface area contributed by atoms with Crippen molar-refractivity contribution in [3.63, 3.8) is 0 Å². The summed E-state index contributed by atoms with van der Waals surface area (Å²) in [6.07, 6.45) is 11.8. The molecule has 1 heteroatoms. The van der Waals surface area contributed by atoms with Crippen molar-refractivity contribution < 1.29 is 5.11 Å². The second-order valence-electron chi connectivity index (χ2n) is 11.0. The number of hydrogen-bond acceptors (Lipinski definition) is 1. The molecule has 24 heavy (non-hydrogen) atoms. The maximum Gasteiger partial charge on any atom is 0.0625 e. The number of allylic oxidation sites excluding steroid dienone is 1. The zero-order chi connectivity index (χ0) is 17.3.